The Balaban J connectivity index is 1.55. The molecule has 0 unspecified atom stereocenters. The molecule has 9 heteroatoms. The second kappa shape index (κ2) is 7.34. The van der Waals surface area contributed by atoms with Crippen LogP contribution in [0.25, 0.3) is 22.1 Å². The summed E-state index contributed by atoms with van der Waals surface area (Å²) in [4.78, 5) is 4.63. The van der Waals surface area contributed by atoms with Crippen molar-refractivity contribution < 1.29 is 8.42 Å². The molecule has 0 saturated heterocycles. The summed E-state index contributed by atoms with van der Waals surface area (Å²) in [6.07, 6.45) is 5.45. The van der Waals surface area contributed by atoms with Gasteiger partial charge < -0.3 is 4.57 Å². The molecule has 1 N–H and O–H groups in total. The van der Waals surface area contributed by atoms with Crippen molar-refractivity contribution in [2.45, 2.75) is 31.2 Å². The highest BCUT2D eigenvalue weighted by molar-refractivity contribution is 7.89. The van der Waals surface area contributed by atoms with Gasteiger partial charge in [0.1, 0.15) is 21.6 Å². The van der Waals surface area contributed by atoms with Gasteiger partial charge in [0, 0.05) is 30.9 Å². The maximum Gasteiger partial charge on any atom is 0.242 e. The summed E-state index contributed by atoms with van der Waals surface area (Å²) in [7, 11) is -3.65. The smallest absolute Gasteiger partial charge is 0.242 e. The van der Waals surface area contributed by atoms with Crippen LogP contribution in [0.2, 0.25) is 0 Å². The lowest BCUT2D eigenvalue weighted by molar-refractivity contribution is 0.582. The van der Waals surface area contributed by atoms with Crippen LogP contribution in [0.5, 0.6) is 0 Å². The van der Waals surface area contributed by atoms with Crippen molar-refractivity contribution in [3.63, 3.8) is 0 Å². The Morgan fingerprint density at radius 1 is 1.19 bits per heavy atom. The van der Waals surface area contributed by atoms with Gasteiger partial charge in [-0.3, -0.25) is 0 Å². The van der Waals surface area contributed by atoms with Crippen LogP contribution in [0.3, 0.4) is 0 Å². The molecule has 4 aromatic rings. The second-order valence-corrected chi connectivity index (χ2v) is 8.52. The fourth-order valence-corrected chi connectivity index (χ4v) is 5.00. The summed E-state index contributed by atoms with van der Waals surface area (Å²) < 4.78 is 38.5. The minimum atomic E-state index is -3.65. The van der Waals surface area contributed by atoms with Gasteiger partial charge in [0.2, 0.25) is 10.0 Å². The first-order valence-corrected chi connectivity index (χ1v) is 10.9. The van der Waals surface area contributed by atoms with E-state index < -0.39 is 10.0 Å². The van der Waals surface area contributed by atoms with Crippen LogP contribution >= 0.6 is 11.7 Å². The highest BCUT2D eigenvalue weighted by atomic mass is 32.2. The van der Waals surface area contributed by atoms with Gasteiger partial charge in [-0.15, -0.1) is 0 Å². The Morgan fingerprint density at radius 3 is 2.93 bits per heavy atom. The Labute approximate surface area is 161 Å². The third-order valence-electron chi connectivity index (χ3n) is 4.41. The molecule has 0 atom stereocenters. The zero-order chi connectivity index (χ0) is 18.9. The number of benzene rings is 1. The lowest BCUT2D eigenvalue weighted by Crippen LogP contribution is -2.26. The molecule has 0 fully saturated rings. The maximum atomic E-state index is 12.7. The molecule has 27 heavy (non-hydrogen) atoms. The number of nitrogens with zero attached hydrogens (tertiary/aromatic N) is 4. The Kier molecular flexibility index (Phi) is 4.90. The van der Waals surface area contributed by atoms with Crippen molar-refractivity contribution >= 4 is 43.8 Å². The van der Waals surface area contributed by atoms with Crippen molar-refractivity contribution in [3.8, 4) is 0 Å². The maximum absolute atomic E-state index is 12.7. The fraction of sp³-hybridized carbons (Fsp3) is 0.278. The van der Waals surface area contributed by atoms with Crippen LogP contribution in [0, 0.1) is 0 Å². The Morgan fingerprint density at radius 2 is 2.07 bits per heavy atom. The molecular formula is C18H19N5O2S2. The molecule has 3 aromatic heterocycles. The molecule has 140 valence electrons. The number of aromatic nitrogens is 4. The van der Waals surface area contributed by atoms with E-state index in [1.54, 1.807) is 24.4 Å². The minimum absolute atomic E-state index is 0.170. The normalized spacial score (nSPS) is 12.2. The molecule has 0 spiro atoms. The molecule has 0 aliphatic rings. The zero-order valence-electron chi connectivity index (χ0n) is 14.8. The van der Waals surface area contributed by atoms with Crippen molar-refractivity contribution in [3.05, 3.63) is 48.3 Å². The van der Waals surface area contributed by atoms with E-state index in [4.69, 9.17) is 0 Å². The van der Waals surface area contributed by atoms with Crippen LogP contribution in [0.15, 0.2) is 47.6 Å². The highest BCUT2D eigenvalue weighted by Crippen LogP contribution is 2.22. The molecule has 4 rings (SSSR count). The Hall–Kier alpha value is -2.36. The largest absolute Gasteiger partial charge is 0.332 e. The zero-order valence-corrected chi connectivity index (χ0v) is 16.4. The SMILES string of the molecule is CCCn1cc(CCNS(=O)(=O)c2cccc3nsnc23)c2cccnc21. The first-order valence-electron chi connectivity index (χ1n) is 8.74. The van der Waals surface area contributed by atoms with Gasteiger partial charge in [0.25, 0.3) is 0 Å². The quantitative estimate of drug-likeness (QED) is 0.514. The molecule has 0 bridgehead atoms. The first kappa shape index (κ1) is 18.0. The lowest BCUT2D eigenvalue weighted by Gasteiger charge is -2.06. The second-order valence-electron chi connectivity index (χ2n) is 6.26. The van der Waals surface area contributed by atoms with Gasteiger partial charge >= 0.3 is 0 Å². The van der Waals surface area contributed by atoms with Gasteiger partial charge in [-0.25, -0.2) is 18.1 Å². The van der Waals surface area contributed by atoms with Crippen LogP contribution in [-0.4, -0.2) is 33.3 Å². The predicted molar refractivity (Wildman–Crippen MR) is 106 cm³/mol. The summed E-state index contributed by atoms with van der Waals surface area (Å²) in [5.41, 5.74) is 3.04. The molecular weight excluding hydrogens is 382 g/mol. The van der Waals surface area contributed by atoms with Crippen molar-refractivity contribution in [2.24, 2.45) is 0 Å². The van der Waals surface area contributed by atoms with E-state index in [-0.39, 0.29) is 4.90 Å². The monoisotopic (exact) mass is 401 g/mol. The van der Waals surface area contributed by atoms with E-state index in [0.717, 1.165) is 41.3 Å². The Bertz CT molecular complexity index is 1200. The van der Waals surface area contributed by atoms with E-state index in [9.17, 15) is 8.42 Å². The summed E-state index contributed by atoms with van der Waals surface area (Å²) >= 11 is 1.01. The summed E-state index contributed by atoms with van der Waals surface area (Å²) in [5.74, 6) is 0. The summed E-state index contributed by atoms with van der Waals surface area (Å²) in [6.45, 7) is 3.31. The number of pyridine rings is 1. The topological polar surface area (TPSA) is 89.8 Å². The predicted octanol–water partition coefficient (Wildman–Crippen LogP) is 2.97. The van der Waals surface area contributed by atoms with E-state index in [2.05, 4.69) is 36.1 Å². The average molecular weight is 402 g/mol. The number of nitrogens with one attached hydrogen (secondary N) is 1. The van der Waals surface area contributed by atoms with Crippen LogP contribution < -0.4 is 4.72 Å². The van der Waals surface area contributed by atoms with E-state index >= 15 is 0 Å². The third kappa shape index (κ3) is 3.45. The first-order chi connectivity index (χ1) is 13.1. The van der Waals surface area contributed by atoms with Crippen LogP contribution in [0.1, 0.15) is 18.9 Å². The molecule has 7 nitrogen and oxygen atoms in total. The van der Waals surface area contributed by atoms with Crippen molar-refractivity contribution in [1.29, 1.82) is 0 Å². The van der Waals surface area contributed by atoms with E-state index in [1.807, 2.05) is 12.1 Å². The molecule has 0 amide bonds. The van der Waals surface area contributed by atoms with Gasteiger partial charge in [-0.2, -0.15) is 8.75 Å². The van der Waals surface area contributed by atoms with Crippen molar-refractivity contribution in [1.82, 2.24) is 23.0 Å². The highest BCUT2D eigenvalue weighted by Gasteiger charge is 2.19. The number of hydrogen-bond acceptors (Lipinski definition) is 6. The molecule has 1 aromatic carbocycles. The van der Waals surface area contributed by atoms with Gasteiger partial charge in [-0.1, -0.05) is 13.0 Å². The fourth-order valence-electron chi connectivity index (χ4n) is 3.20. The van der Waals surface area contributed by atoms with Gasteiger partial charge in [0.15, 0.2) is 0 Å². The van der Waals surface area contributed by atoms with Gasteiger partial charge in [-0.05, 0) is 42.7 Å². The van der Waals surface area contributed by atoms with Crippen LogP contribution in [-0.2, 0) is 23.0 Å². The van der Waals surface area contributed by atoms with E-state index in [1.165, 1.54) is 0 Å². The molecule has 0 aliphatic heterocycles. The summed E-state index contributed by atoms with van der Waals surface area (Å²) in [6, 6.07) is 8.93. The average Bonchev–Trinajstić information content (AvgIpc) is 3.27. The number of fused-ring (bicyclic) bond motifs is 2. The molecule has 3 heterocycles. The molecule has 0 aliphatic carbocycles. The van der Waals surface area contributed by atoms with E-state index in [0.29, 0.717) is 24.0 Å². The number of rotatable bonds is 7. The minimum Gasteiger partial charge on any atom is -0.332 e. The molecule has 0 radical (unpaired) electrons. The molecule has 0 saturated carbocycles. The number of sulfonamides is 1. The summed E-state index contributed by atoms with van der Waals surface area (Å²) in [5, 5.41) is 1.07. The van der Waals surface area contributed by atoms with Gasteiger partial charge in [0.05, 0.1) is 11.7 Å². The third-order valence-corrected chi connectivity index (χ3v) is 6.44. The standard InChI is InChI=1S/C18H19N5O2S2/c1-2-11-23-12-13(14-5-4-9-19-18(14)23)8-10-20-27(24,25)16-7-3-6-15-17(16)22-26-21-15/h3-7,9,12,20H,2,8,10-11H2,1H3. The van der Waals surface area contributed by atoms with Crippen molar-refractivity contribution in [2.75, 3.05) is 6.54 Å². The number of hydrogen-bond donors (Lipinski definition) is 1. The lowest BCUT2D eigenvalue weighted by atomic mass is 10.2. The number of aryl methyl sites for hydroxylation is 1. The van der Waals surface area contributed by atoms with Crippen LogP contribution in [0.4, 0.5) is 0 Å².